The Balaban J connectivity index is 3.30. The predicted octanol–water partition coefficient (Wildman–Crippen LogP) is 2.56. The number of rotatable bonds is 7. The Kier molecular flexibility index (Phi) is 5.76. The van der Waals surface area contributed by atoms with Gasteiger partial charge in [-0.3, -0.25) is 4.79 Å². The molecule has 0 aliphatic heterocycles. The smallest absolute Gasteiger partial charge is 0.326 e. The van der Waals surface area contributed by atoms with Gasteiger partial charge in [-0.25, -0.2) is 4.79 Å². The van der Waals surface area contributed by atoms with Crippen LogP contribution in [-0.2, 0) is 16.0 Å². The Hall–Kier alpha value is -2.04. The molecular formula is C16H23NO4. The largest absolute Gasteiger partial charge is 0.481 e. The van der Waals surface area contributed by atoms with E-state index < -0.39 is 23.9 Å². The van der Waals surface area contributed by atoms with Crippen LogP contribution in [0.5, 0.6) is 0 Å². The molecule has 5 nitrogen and oxygen atoms in total. The minimum absolute atomic E-state index is 0.167. The summed E-state index contributed by atoms with van der Waals surface area (Å²) in [4.78, 5) is 24.2. The lowest BCUT2D eigenvalue weighted by molar-refractivity contribution is -0.142. The van der Waals surface area contributed by atoms with Crippen LogP contribution < -0.4 is 4.90 Å². The van der Waals surface area contributed by atoms with Crippen LogP contribution in [-0.4, -0.2) is 34.7 Å². The first-order valence-electron chi connectivity index (χ1n) is 7.10. The van der Waals surface area contributed by atoms with E-state index in [1.807, 2.05) is 32.0 Å². The first-order valence-corrected chi connectivity index (χ1v) is 7.10. The molecule has 0 fully saturated rings. The van der Waals surface area contributed by atoms with Crippen molar-refractivity contribution in [1.82, 2.24) is 0 Å². The molecule has 1 aromatic rings. The minimum atomic E-state index is -0.960. The van der Waals surface area contributed by atoms with Crippen molar-refractivity contribution in [3.63, 3.8) is 0 Å². The van der Waals surface area contributed by atoms with Gasteiger partial charge in [0, 0.05) is 12.2 Å². The van der Waals surface area contributed by atoms with E-state index in [1.54, 1.807) is 18.7 Å². The summed E-state index contributed by atoms with van der Waals surface area (Å²) in [5, 5.41) is 18.5. The fourth-order valence-electron chi connectivity index (χ4n) is 2.37. The van der Waals surface area contributed by atoms with Crippen LogP contribution in [0.4, 0.5) is 5.69 Å². The highest BCUT2D eigenvalue weighted by Crippen LogP contribution is 2.28. The van der Waals surface area contributed by atoms with E-state index in [1.165, 1.54) is 0 Å². The van der Waals surface area contributed by atoms with Crippen LogP contribution in [0.15, 0.2) is 18.2 Å². The van der Waals surface area contributed by atoms with Crippen LogP contribution in [0.1, 0.15) is 31.9 Å². The molecule has 5 heteroatoms. The number of hydrogen-bond acceptors (Lipinski definition) is 3. The zero-order chi connectivity index (χ0) is 16.2. The number of aryl methyl sites for hydroxylation is 2. The van der Waals surface area contributed by atoms with Gasteiger partial charge in [-0.05, 0) is 31.4 Å². The monoisotopic (exact) mass is 293 g/mol. The number of carboxylic acids is 2. The topological polar surface area (TPSA) is 77.8 Å². The van der Waals surface area contributed by atoms with E-state index in [9.17, 15) is 14.7 Å². The Morgan fingerprint density at radius 3 is 2.29 bits per heavy atom. The molecule has 0 bridgehead atoms. The first-order chi connectivity index (χ1) is 9.79. The molecule has 0 aliphatic rings. The van der Waals surface area contributed by atoms with Crippen LogP contribution in [0, 0.1) is 12.8 Å². The third-order valence-electron chi connectivity index (χ3n) is 3.71. The normalized spacial score (nSPS) is 13.5. The van der Waals surface area contributed by atoms with Crippen molar-refractivity contribution in [2.24, 2.45) is 5.92 Å². The third kappa shape index (κ3) is 3.97. The average Bonchev–Trinajstić information content (AvgIpc) is 2.43. The number of benzene rings is 1. The molecule has 0 spiro atoms. The van der Waals surface area contributed by atoms with Crippen molar-refractivity contribution in [3.8, 4) is 0 Å². The highest BCUT2D eigenvalue weighted by atomic mass is 16.4. The molecule has 0 heterocycles. The first kappa shape index (κ1) is 17.0. The zero-order valence-corrected chi connectivity index (χ0v) is 13.0. The van der Waals surface area contributed by atoms with Crippen molar-refractivity contribution in [2.75, 3.05) is 11.4 Å². The van der Waals surface area contributed by atoms with Crippen LogP contribution in [0.25, 0.3) is 0 Å². The summed E-state index contributed by atoms with van der Waals surface area (Å²) >= 11 is 0. The average molecular weight is 293 g/mol. The standard InChI is InChI=1S/C16H23NO4/c1-5-13-8-6-7-10(2)14(13)17(12(4)16(20)21)9-11(3)15(18)19/h6-8,11-12H,5,9H2,1-4H3,(H,18,19)(H,20,21). The number of aliphatic carboxylic acids is 2. The molecule has 2 unspecified atom stereocenters. The predicted molar refractivity (Wildman–Crippen MR) is 81.8 cm³/mol. The maximum atomic E-state index is 11.4. The van der Waals surface area contributed by atoms with Crippen molar-refractivity contribution in [2.45, 2.75) is 40.2 Å². The molecule has 0 aliphatic carbocycles. The lowest BCUT2D eigenvalue weighted by Gasteiger charge is -2.33. The highest BCUT2D eigenvalue weighted by molar-refractivity contribution is 5.80. The van der Waals surface area contributed by atoms with Gasteiger partial charge in [-0.15, -0.1) is 0 Å². The van der Waals surface area contributed by atoms with E-state index in [4.69, 9.17) is 5.11 Å². The molecule has 0 saturated heterocycles. The molecule has 1 aromatic carbocycles. The molecule has 0 aromatic heterocycles. The van der Waals surface area contributed by atoms with E-state index in [-0.39, 0.29) is 6.54 Å². The van der Waals surface area contributed by atoms with Crippen molar-refractivity contribution in [1.29, 1.82) is 0 Å². The molecule has 21 heavy (non-hydrogen) atoms. The quantitative estimate of drug-likeness (QED) is 0.808. The van der Waals surface area contributed by atoms with Crippen molar-refractivity contribution < 1.29 is 19.8 Å². The second-order valence-electron chi connectivity index (χ2n) is 5.34. The molecule has 0 saturated carbocycles. The SMILES string of the molecule is CCc1cccc(C)c1N(CC(C)C(=O)O)C(C)C(=O)O. The van der Waals surface area contributed by atoms with Gasteiger partial charge < -0.3 is 15.1 Å². The molecule has 0 radical (unpaired) electrons. The number of carbonyl (C=O) groups is 2. The van der Waals surface area contributed by atoms with Gasteiger partial charge in [-0.1, -0.05) is 32.0 Å². The van der Waals surface area contributed by atoms with Crippen LogP contribution in [0.3, 0.4) is 0 Å². The van der Waals surface area contributed by atoms with Crippen molar-refractivity contribution >= 4 is 17.6 Å². The van der Waals surface area contributed by atoms with Gasteiger partial charge in [0.05, 0.1) is 5.92 Å². The Morgan fingerprint density at radius 2 is 1.81 bits per heavy atom. The van der Waals surface area contributed by atoms with Gasteiger partial charge in [0.2, 0.25) is 0 Å². The number of anilines is 1. The summed E-state index contributed by atoms with van der Waals surface area (Å²) in [5.41, 5.74) is 2.82. The Morgan fingerprint density at radius 1 is 1.19 bits per heavy atom. The fourth-order valence-corrected chi connectivity index (χ4v) is 2.37. The molecule has 2 N–H and O–H groups in total. The van der Waals surface area contributed by atoms with Gasteiger partial charge in [0.1, 0.15) is 6.04 Å². The molecule has 0 amide bonds. The minimum Gasteiger partial charge on any atom is -0.481 e. The number of para-hydroxylation sites is 1. The summed E-state index contributed by atoms with van der Waals surface area (Å²) in [6.07, 6.45) is 0.765. The molecular weight excluding hydrogens is 270 g/mol. The lowest BCUT2D eigenvalue weighted by atomic mass is 10.0. The number of nitrogens with zero attached hydrogens (tertiary/aromatic N) is 1. The summed E-state index contributed by atoms with van der Waals surface area (Å²) in [5.74, 6) is -2.53. The van der Waals surface area contributed by atoms with E-state index in [2.05, 4.69) is 0 Å². The van der Waals surface area contributed by atoms with Crippen LogP contribution in [0.2, 0.25) is 0 Å². The summed E-state index contributed by atoms with van der Waals surface area (Å²) in [7, 11) is 0. The van der Waals surface area contributed by atoms with E-state index in [0.29, 0.717) is 0 Å². The Bertz CT molecular complexity index is 527. The fraction of sp³-hybridized carbons (Fsp3) is 0.500. The molecule has 1 rings (SSSR count). The molecule has 2 atom stereocenters. The number of hydrogen-bond donors (Lipinski definition) is 2. The summed E-state index contributed by atoms with van der Waals surface area (Å²) in [6.45, 7) is 7.27. The maximum Gasteiger partial charge on any atom is 0.326 e. The highest BCUT2D eigenvalue weighted by Gasteiger charge is 2.27. The summed E-state index contributed by atoms with van der Waals surface area (Å²) < 4.78 is 0. The van der Waals surface area contributed by atoms with E-state index >= 15 is 0 Å². The summed E-state index contributed by atoms with van der Waals surface area (Å²) in [6, 6.07) is 5.02. The maximum absolute atomic E-state index is 11.4. The number of carboxylic acid groups (broad SMARTS) is 2. The lowest BCUT2D eigenvalue weighted by Crippen LogP contribution is -2.43. The van der Waals surface area contributed by atoms with Gasteiger partial charge >= 0.3 is 11.9 Å². The second kappa shape index (κ2) is 7.11. The van der Waals surface area contributed by atoms with Gasteiger partial charge in [0.15, 0.2) is 0 Å². The zero-order valence-electron chi connectivity index (χ0n) is 13.0. The molecule has 116 valence electrons. The van der Waals surface area contributed by atoms with Crippen LogP contribution >= 0.6 is 0 Å². The van der Waals surface area contributed by atoms with E-state index in [0.717, 1.165) is 23.2 Å². The Labute approximate surface area is 125 Å². The van der Waals surface area contributed by atoms with Crippen molar-refractivity contribution in [3.05, 3.63) is 29.3 Å². The second-order valence-corrected chi connectivity index (χ2v) is 5.34. The van der Waals surface area contributed by atoms with Gasteiger partial charge in [0.25, 0.3) is 0 Å². The third-order valence-corrected chi connectivity index (χ3v) is 3.71. The van der Waals surface area contributed by atoms with Gasteiger partial charge in [-0.2, -0.15) is 0 Å².